The Morgan fingerprint density at radius 2 is 1.57 bits per heavy atom. The van der Waals surface area contributed by atoms with E-state index < -0.39 is 6.16 Å². The molecule has 0 atom stereocenters. The molecule has 2 N–H and O–H groups in total. The maximum Gasteiger partial charge on any atom is 0.513 e. The highest BCUT2D eigenvalue weighted by Gasteiger charge is 2.09. The van der Waals surface area contributed by atoms with Gasteiger partial charge >= 0.3 is 6.16 Å². The van der Waals surface area contributed by atoms with E-state index in [1.165, 1.54) is 12.1 Å². The smallest absolute Gasteiger partial charge is 0.434 e. The Labute approximate surface area is 168 Å². The standard InChI is InChI=1S/C20H21ClN2O5/c1-2-27-20(26)28-17-9-7-14(8-10-17)18(24)22-11-4-12-23-19(25)15-5-3-6-16(21)13-15/h3,5-10,13H,2,4,11-12H2,1H3,(H,22,24)(H,23,25). The second kappa shape index (κ2) is 10.9. The summed E-state index contributed by atoms with van der Waals surface area (Å²) < 4.78 is 9.60. The molecule has 0 aromatic heterocycles. The summed E-state index contributed by atoms with van der Waals surface area (Å²) >= 11 is 5.86. The molecule has 0 aliphatic carbocycles. The first kappa shape index (κ1) is 21.2. The fraction of sp³-hybridized carbons (Fsp3) is 0.250. The summed E-state index contributed by atoms with van der Waals surface area (Å²) in [6, 6.07) is 12.8. The van der Waals surface area contributed by atoms with E-state index in [2.05, 4.69) is 15.4 Å². The number of carbonyl (C=O) groups excluding carboxylic acids is 3. The lowest BCUT2D eigenvalue weighted by Crippen LogP contribution is -2.29. The molecular formula is C20H21ClN2O5. The molecule has 8 heteroatoms. The summed E-state index contributed by atoms with van der Waals surface area (Å²) in [5.74, 6) is -0.186. The van der Waals surface area contributed by atoms with Crippen LogP contribution < -0.4 is 15.4 Å². The van der Waals surface area contributed by atoms with Gasteiger partial charge in [-0.3, -0.25) is 9.59 Å². The van der Waals surface area contributed by atoms with E-state index in [0.717, 1.165) is 0 Å². The van der Waals surface area contributed by atoms with Crippen LogP contribution >= 0.6 is 11.6 Å². The van der Waals surface area contributed by atoms with Crippen LogP contribution in [0.15, 0.2) is 48.5 Å². The van der Waals surface area contributed by atoms with Gasteiger partial charge in [0.05, 0.1) is 6.61 Å². The van der Waals surface area contributed by atoms with Crippen molar-refractivity contribution in [3.63, 3.8) is 0 Å². The van der Waals surface area contributed by atoms with Gasteiger partial charge in [-0.25, -0.2) is 4.79 Å². The van der Waals surface area contributed by atoms with Crippen LogP contribution in [0.4, 0.5) is 4.79 Å². The van der Waals surface area contributed by atoms with Crippen molar-refractivity contribution in [2.24, 2.45) is 0 Å². The molecule has 2 aromatic carbocycles. The molecule has 7 nitrogen and oxygen atoms in total. The topological polar surface area (TPSA) is 93.7 Å². The Hall–Kier alpha value is -3.06. The third-order valence-corrected chi connectivity index (χ3v) is 3.83. The van der Waals surface area contributed by atoms with Crippen molar-refractivity contribution < 1.29 is 23.9 Å². The highest BCUT2D eigenvalue weighted by molar-refractivity contribution is 6.30. The molecule has 28 heavy (non-hydrogen) atoms. The molecule has 0 heterocycles. The second-order valence-corrected chi connectivity index (χ2v) is 6.12. The zero-order chi connectivity index (χ0) is 20.4. The van der Waals surface area contributed by atoms with Gasteiger partial charge in [-0.1, -0.05) is 17.7 Å². The van der Waals surface area contributed by atoms with Crippen LogP contribution in [0.3, 0.4) is 0 Å². The van der Waals surface area contributed by atoms with Gasteiger partial charge in [0.1, 0.15) is 5.75 Å². The largest absolute Gasteiger partial charge is 0.513 e. The molecule has 0 unspecified atom stereocenters. The van der Waals surface area contributed by atoms with Crippen molar-refractivity contribution in [3.05, 3.63) is 64.7 Å². The molecule has 2 rings (SSSR count). The molecule has 0 saturated carbocycles. The van der Waals surface area contributed by atoms with Crippen LogP contribution in [-0.4, -0.2) is 37.7 Å². The van der Waals surface area contributed by atoms with Gasteiger partial charge < -0.3 is 20.1 Å². The lowest BCUT2D eigenvalue weighted by atomic mass is 10.2. The van der Waals surface area contributed by atoms with Gasteiger partial charge in [-0.15, -0.1) is 0 Å². The minimum atomic E-state index is -0.792. The first-order valence-corrected chi connectivity index (χ1v) is 9.14. The summed E-state index contributed by atoms with van der Waals surface area (Å²) in [4.78, 5) is 35.3. The van der Waals surface area contributed by atoms with Crippen molar-refractivity contribution in [3.8, 4) is 5.75 Å². The number of hydrogen-bond acceptors (Lipinski definition) is 5. The molecule has 0 saturated heterocycles. The molecule has 0 spiro atoms. The third-order valence-electron chi connectivity index (χ3n) is 3.59. The van der Waals surface area contributed by atoms with E-state index in [-0.39, 0.29) is 18.4 Å². The molecule has 0 radical (unpaired) electrons. The summed E-state index contributed by atoms with van der Waals surface area (Å²) in [5.41, 5.74) is 0.917. The second-order valence-electron chi connectivity index (χ2n) is 5.69. The predicted octanol–water partition coefficient (Wildman–Crippen LogP) is 3.43. The molecule has 0 bridgehead atoms. The normalized spacial score (nSPS) is 10.1. The minimum absolute atomic E-state index is 0.217. The lowest BCUT2D eigenvalue weighted by molar-refractivity contribution is 0.0951. The maximum absolute atomic E-state index is 12.1. The fourth-order valence-corrected chi connectivity index (χ4v) is 2.43. The molecule has 0 aliphatic rings. The summed E-state index contributed by atoms with van der Waals surface area (Å²) in [7, 11) is 0. The molecule has 2 amide bonds. The van der Waals surface area contributed by atoms with Crippen LogP contribution in [0.1, 0.15) is 34.1 Å². The monoisotopic (exact) mass is 404 g/mol. The predicted molar refractivity (Wildman–Crippen MR) is 105 cm³/mol. The van der Waals surface area contributed by atoms with E-state index in [1.807, 2.05) is 0 Å². The Kier molecular flexibility index (Phi) is 8.30. The quantitative estimate of drug-likeness (QED) is 0.399. The van der Waals surface area contributed by atoms with Crippen molar-refractivity contribution in [1.29, 1.82) is 0 Å². The Bertz CT molecular complexity index is 824. The first-order chi connectivity index (χ1) is 13.5. The van der Waals surface area contributed by atoms with Crippen LogP contribution in [0, 0.1) is 0 Å². The molecule has 0 aliphatic heterocycles. The van der Waals surface area contributed by atoms with Crippen LogP contribution in [0.5, 0.6) is 5.75 Å². The number of nitrogens with one attached hydrogen (secondary N) is 2. The number of rotatable bonds is 8. The number of carbonyl (C=O) groups is 3. The third kappa shape index (κ3) is 6.92. The van der Waals surface area contributed by atoms with Crippen LogP contribution in [-0.2, 0) is 4.74 Å². The Morgan fingerprint density at radius 3 is 2.18 bits per heavy atom. The number of ether oxygens (including phenoxy) is 2. The minimum Gasteiger partial charge on any atom is -0.434 e. The van der Waals surface area contributed by atoms with E-state index in [1.54, 1.807) is 43.3 Å². The lowest BCUT2D eigenvalue weighted by Gasteiger charge is -2.08. The van der Waals surface area contributed by atoms with Crippen molar-refractivity contribution in [1.82, 2.24) is 10.6 Å². The van der Waals surface area contributed by atoms with Crippen LogP contribution in [0.25, 0.3) is 0 Å². The average Bonchev–Trinajstić information content (AvgIpc) is 2.68. The SMILES string of the molecule is CCOC(=O)Oc1ccc(C(=O)NCCCNC(=O)c2cccc(Cl)c2)cc1. The van der Waals surface area contributed by atoms with Gasteiger partial charge in [0.2, 0.25) is 0 Å². The van der Waals surface area contributed by atoms with E-state index in [4.69, 9.17) is 16.3 Å². The summed E-state index contributed by atoms with van der Waals surface area (Å²) in [6.45, 7) is 2.71. The number of benzene rings is 2. The van der Waals surface area contributed by atoms with Crippen molar-refractivity contribution in [2.45, 2.75) is 13.3 Å². The zero-order valence-corrected chi connectivity index (χ0v) is 16.1. The number of halogens is 1. The maximum atomic E-state index is 12.1. The molecular weight excluding hydrogens is 384 g/mol. The molecule has 2 aromatic rings. The van der Waals surface area contributed by atoms with Crippen LogP contribution in [0.2, 0.25) is 5.02 Å². The Balaban J connectivity index is 1.69. The van der Waals surface area contributed by atoms with E-state index in [0.29, 0.717) is 41.4 Å². The first-order valence-electron chi connectivity index (χ1n) is 8.76. The van der Waals surface area contributed by atoms with Gasteiger partial charge in [-0.05, 0) is 55.8 Å². The Morgan fingerprint density at radius 1 is 0.929 bits per heavy atom. The molecule has 148 valence electrons. The van der Waals surface area contributed by atoms with E-state index in [9.17, 15) is 14.4 Å². The van der Waals surface area contributed by atoms with Crippen molar-refractivity contribution in [2.75, 3.05) is 19.7 Å². The van der Waals surface area contributed by atoms with Gasteiger partial charge in [0.25, 0.3) is 11.8 Å². The average molecular weight is 405 g/mol. The highest BCUT2D eigenvalue weighted by Crippen LogP contribution is 2.13. The number of hydrogen-bond donors (Lipinski definition) is 2. The van der Waals surface area contributed by atoms with Gasteiger partial charge in [0.15, 0.2) is 0 Å². The fourth-order valence-electron chi connectivity index (χ4n) is 2.24. The van der Waals surface area contributed by atoms with E-state index >= 15 is 0 Å². The van der Waals surface area contributed by atoms with Gasteiger partial charge in [-0.2, -0.15) is 0 Å². The highest BCUT2D eigenvalue weighted by atomic mass is 35.5. The number of amides is 2. The summed E-state index contributed by atoms with van der Waals surface area (Å²) in [5, 5.41) is 6.02. The zero-order valence-electron chi connectivity index (χ0n) is 15.4. The van der Waals surface area contributed by atoms with Gasteiger partial charge in [0, 0.05) is 29.2 Å². The van der Waals surface area contributed by atoms with Crippen molar-refractivity contribution >= 4 is 29.6 Å². The summed E-state index contributed by atoms with van der Waals surface area (Å²) in [6.07, 6.45) is -0.221. The molecule has 0 fully saturated rings.